The summed E-state index contributed by atoms with van der Waals surface area (Å²) in [6, 6.07) is 0. The van der Waals surface area contributed by atoms with E-state index in [0.717, 1.165) is 24.8 Å². The molecule has 0 aromatic heterocycles. The first-order valence-corrected chi connectivity index (χ1v) is 6.88. The van der Waals surface area contributed by atoms with Gasteiger partial charge in [-0.2, -0.15) is 0 Å². The molecule has 3 rings (SSSR count). The van der Waals surface area contributed by atoms with Crippen LogP contribution in [0.3, 0.4) is 0 Å². The standard InChI is InChI=1S/C15H20O4/c1-8-3-4-11-9(2)14(17)19-13(11)12-10(8)5-6-15(12,18)7-16/h10-13,16,18H,1-7H2. The molecule has 1 saturated heterocycles. The van der Waals surface area contributed by atoms with Crippen molar-refractivity contribution < 1.29 is 19.7 Å². The lowest BCUT2D eigenvalue weighted by molar-refractivity contribution is -0.149. The van der Waals surface area contributed by atoms with E-state index in [9.17, 15) is 15.0 Å². The van der Waals surface area contributed by atoms with Crippen LogP contribution < -0.4 is 0 Å². The Balaban J connectivity index is 2.02. The SMILES string of the molecule is C=C1C(=O)OC2C1CCC(=C)C1CCC(O)(CO)C12. The van der Waals surface area contributed by atoms with E-state index in [0.29, 0.717) is 12.0 Å². The number of allylic oxidation sites excluding steroid dienone is 1. The lowest BCUT2D eigenvalue weighted by atomic mass is 9.77. The molecule has 0 aromatic carbocycles. The van der Waals surface area contributed by atoms with Gasteiger partial charge in [-0.15, -0.1) is 0 Å². The lowest BCUT2D eigenvalue weighted by Crippen LogP contribution is -2.46. The van der Waals surface area contributed by atoms with Crippen LogP contribution in [0.1, 0.15) is 25.7 Å². The maximum absolute atomic E-state index is 11.7. The number of ether oxygens (including phenoxy) is 1. The molecule has 104 valence electrons. The van der Waals surface area contributed by atoms with E-state index in [1.807, 2.05) is 0 Å². The molecular formula is C15H20O4. The Hall–Kier alpha value is -1.13. The predicted octanol–water partition coefficient (Wildman–Crippen LogP) is 1.18. The summed E-state index contributed by atoms with van der Waals surface area (Å²) in [7, 11) is 0. The van der Waals surface area contributed by atoms with Crippen molar-refractivity contribution in [1.29, 1.82) is 0 Å². The summed E-state index contributed by atoms with van der Waals surface area (Å²) >= 11 is 0. The van der Waals surface area contributed by atoms with Gasteiger partial charge in [-0.05, 0) is 31.6 Å². The van der Waals surface area contributed by atoms with Crippen LogP contribution >= 0.6 is 0 Å². The van der Waals surface area contributed by atoms with E-state index in [2.05, 4.69) is 13.2 Å². The van der Waals surface area contributed by atoms with Crippen molar-refractivity contribution in [2.45, 2.75) is 37.4 Å². The Kier molecular flexibility index (Phi) is 2.84. The van der Waals surface area contributed by atoms with E-state index in [1.54, 1.807) is 0 Å². The number of carbonyl (C=O) groups is 1. The summed E-state index contributed by atoms with van der Waals surface area (Å²) in [4.78, 5) is 11.7. The highest BCUT2D eigenvalue weighted by Gasteiger charge is 2.58. The molecule has 2 aliphatic carbocycles. The van der Waals surface area contributed by atoms with Crippen LogP contribution in [-0.2, 0) is 9.53 Å². The Labute approximate surface area is 112 Å². The van der Waals surface area contributed by atoms with E-state index in [-0.39, 0.29) is 36.4 Å². The van der Waals surface area contributed by atoms with Crippen LogP contribution in [0.2, 0.25) is 0 Å². The van der Waals surface area contributed by atoms with E-state index in [1.165, 1.54) is 0 Å². The van der Waals surface area contributed by atoms with Crippen molar-refractivity contribution in [2.75, 3.05) is 6.61 Å². The van der Waals surface area contributed by atoms with Crippen LogP contribution in [0.25, 0.3) is 0 Å². The van der Waals surface area contributed by atoms with Crippen molar-refractivity contribution in [3.63, 3.8) is 0 Å². The molecule has 19 heavy (non-hydrogen) atoms. The maximum Gasteiger partial charge on any atom is 0.334 e. The summed E-state index contributed by atoms with van der Waals surface area (Å²) < 4.78 is 5.47. The number of carbonyl (C=O) groups excluding carboxylic acids is 1. The first-order valence-electron chi connectivity index (χ1n) is 6.88. The van der Waals surface area contributed by atoms with Gasteiger partial charge in [-0.1, -0.05) is 18.7 Å². The fraction of sp³-hybridized carbons (Fsp3) is 0.667. The third kappa shape index (κ3) is 1.70. The molecule has 0 amide bonds. The van der Waals surface area contributed by atoms with Crippen molar-refractivity contribution in [3.8, 4) is 0 Å². The maximum atomic E-state index is 11.7. The molecule has 3 fully saturated rings. The zero-order valence-electron chi connectivity index (χ0n) is 11.0. The monoisotopic (exact) mass is 264 g/mol. The van der Waals surface area contributed by atoms with Crippen LogP contribution in [0, 0.1) is 17.8 Å². The van der Waals surface area contributed by atoms with Crippen molar-refractivity contribution in [2.24, 2.45) is 17.8 Å². The first-order chi connectivity index (χ1) is 8.98. The predicted molar refractivity (Wildman–Crippen MR) is 69.1 cm³/mol. The Morgan fingerprint density at radius 3 is 2.74 bits per heavy atom. The van der Waals surface area contributed by atoms with Gasteiger partial charge in [0.15, 0.2) is 0 Å². The number of rotatable bonds is 1. The fourth-order valence-corrected chi connectivity index (χ4v) is 4.12. The van der Waals surface area contributed by atoms with Gasteiger partial charge < -0.3 is 14.9 Å². The molecule has 0 bridgehead atoms. The van der Waals surface area contributed by atoms with Crippen LogP contribution in [0.5, 0.6) is 0 Å². The summed E-state index contributed by atoms with van der Waals surface area (Å²) in [5.74, 6) is -0.518. The van der Waals surface area contributed by atoms with E-state index in [4.69, 9.17) is 4.74 Å². The lowest BCUT2D eigenvalue weighted by Gasteiger charge is -2.35. The van der Waals surface area contributed by atoms with Gasteiger partial charge in [-0.3, -0.25) is 0 Å². The van der Waals surface area contributed by atoms with Gasteiger partial charge in [0.25, 0.3) is 0 Å². The number of fused-ring (bicyclic) bond motifs is 3. The van der Waals surface area contributed by atoms with Gasteiger partial charge in [0.1, 0.15) is 6.10 Å². The Morgan fingerprint density at radius 1 is 1.32 bits per heavy atom. The van der Waals surface area contributed by atoms with E-state index < -0.39 is 5.60 Å². The van der Waals surface area contributed by atoms with Gasteiger partial charge >= 0.3 is 5.97 Å². The quantitative estimate of drug-likeness (QED) is 0.424. The first kappa shape index (κ1) is 12.9. The highest BCUT2D eigenvalue weighted by Crippen LogP contribution is 2.53. The molecule has 2 N–H and O–H groups in total. The average Bonchev–Trinajstić information content (AvgIpc) is 2.82. The smallest absolute Gasteiger partial charge is 0.334 e. The molecule has 4 nitrogen and oxygen atoms in total. The largest absolute Gasteiger partial charge is 0.458 e. The minimum atomic E-state index is -1.16. The number of aliphatic hydroxyl groups excluding tert-OH is 1. The zero-order chi connectivity index (χ0) is 13.8. The molecule has 1 aliphatic heterocycles. The second-order valence-electron chi connectivity index (χ2n) is 6.13. The van der Waals surface area contributed by atoms with Crippen molar-refractivity contribution >= 4 is 5.97 Å². The third-order valence-corrected chi connectivity index (χ3v) is 5.22. The Bertz CT molecular complexity index is 455. The molecular weight excluding hydrogens is 244 g/mol. The van der Waals surface area contributed by atoms with Crippen LogP contribution in [0.4, 0.5) is 0 Å². The fourth-order valence-electron chi connectivity index (χ4n) is 4.12. The summed E-state index contributed by atoms with van der Waals surface area (Å²) in [6.07, 6.45) is 2.60. The number of hydrogen-bond donors (Lipinski definition) is 2. The number of esters is 1. The minimum Gasteiger partial charge on any atom is -0.458 e. The normalized spacial score (nSPS) is 45.7. The molecule has 4 heteroatoms. The molecule has 5 atom stereocenters. The molecule has 1 heterocycles. The topological polar surface area (TPSA) is 66.8 Å². The van der Waals surface area contributed by atoms with Gasteiger partial charge in [-0.25, -0.2) is 4.79 Å². The number of aliphatic hydroxyl groups is 2. The third-order valence-electron chi connectivity index (χ3n) is 5.22. The van der Waals surface area contributed by atoms with Crippen molar-refractivity contribution in [1.82, 2.24) is 0 Å². The van der Waals surface area contributed by atoms with Gasteiger partial charge in [0.2, 0.25) is 0 Å². The summed E-state index contributed by atoms with van der Waals surface area (Å²) in [5, 5.41) is 20.2. The summed E-state index contributed by atoms with van der Waals surface area (Å²) in [6.45, 7) is 7.65. The molecule has 5 unspecified atom stereocenters. The van der Waals surface area contributed by atoms with E-state index >= 15 is 0 Å². The van der Waals surface area contributed by atoms with Crippen LogP contribution in [-0.4, -0.2) is 34.5 Å². The van der Waals surface area contributed by atoms with Crippen molar-refractivity contribution in [3.05, 3.63) is 24.3 Å². The average molecular weight is 264 g/mol. The molecule has 0 aromatic rings. The second-order valence-corrected chi connectivity index (χ2v) is 6.13. The highest BCUT2D eigenvalue weighted by molar-refractivity contribution is 5.90. The Morgan fingerprint density at radius 2 is 2.05 bits per heavy atom. The van der Waals surface area contributed by atoms with Crippen LogP contribution in [0.15, 0.2) is 24.3 Å². The molecule has 0 radical (unpaired) electrons. The van der Waals surface area contributed by atoms with Gasteiger partial charge in [0.05, 0.1) is 12.2 Å². The molecule has 2 saturated carbocycles. The second kappa shape index (κ2) is 4.18. The van der Waals surface area contributed by atoms with Gasteiger partial charge in [0, 0.05) is 17.4 Å². The minimum absolute atomic E-state index is 0.0459. The number of hydrogen-bond acceptors (Lipinski definition) is 4. The summed E-state index contributed by atoms with van der Waals surface area (Å²) in [5.41, 5.74) is 0.449. The molecule has 0 spiro atoms. The zero-order valence-corrected chi connectivity index (χ0v) is 11.0. The highest BCUT2D eigenvalue weighted by atomic mass is 16.6. The molecule has 3 aliphatic rings.